The van der Waals surface area contributed by atoms with Crippen molar-refractivity contribution in [2.24, 2.45) is 0 Å². The molecule has 1 aliphatic rings. The Bertz CT molecular complexity index is 164. The van der Waals surface area contributed by atoms with E-state index >= 15 is 0 Å². The lowest BCUT2D eigenvalue weighted by atomic mass is 10.1. The van der Waals surface area contributed by atoms with Gasteiger partial charge in [-0.2, -0.15) is 0 Å². The van der Waals surface area contributed by atoms with Gasteiger partial charge in [0, 0.05) is 12.6 Å². The van der Waals surface area contributed by atoms with E-state index in [0.717, 1.165) is 6.08 Å². The third-order valence-corrected chi connectivity index (χ3v) is 1.85. The Morgan fingerprint density at radius 2 is 1.85 bits per heavy atom. The molecule has 0 aromatic carbocycles. The average molecular weight is 191 g/mol. The number of hydrogen-bond donors (Lipinski definition) is 0. The van der Waals surface area contributed by atoms with Gasteiger partial charge in [0.15, 0.2) is 0 Å². The Morgan fingerprint density at radius 1 is 1.31 bits per heavy atom. The van der Waals surface area contributed by atoms with Gasteiger partial charge in [0.1, 0.15) is 0 Å². The second-order valence-corrected chi connectivity index (χ2v) is 3.19. The fourth-order valence-electron chi connectivity index (χ4n) is 1.14. The number of nitrogens with zero attached hydrogens (tertiary/aromatic N) is 1. The first-order chi connectivity index (χ1) is 6.01. The minimum absolute atomic E-state index is 0.138. The van der Waals surface area contributed by atoms with Crippen molar-refractivity contribution in [2.75, 3.05) is 13.1 Å². The van der Waals surface area contributed by atoms with E-state index in [0.29, 0.717) is 6.54 Å². The van der Waals surface area contributed by atoms with Crippen molar-refractivity contribution in [3.8, 4) is 0 Å². The van der Waals surface area contributed by atoms with E-state index in [9.17, 15) is 8.78 Å². The molecule has 1 nitrogen and oxygen atoms in total. The van der Waals surface area contributed by atoms with Crippen LogP contribution in [0, 0.1) is 0 Å². The Balaban J connectivity index is 0.000000671. The molecule has 0 spiro atoms. The summed E-state index contributed by atoms with van der Waals surface area (Å²) in [5, 5.41) is 0. The zero-order valence-corrected chi connectivity index (χ0v) is 8.85. The summed E-state index contributed by atoms with van der Waals surface area (Å²) in [5.74, 6) is -2.62. The van der Waals surface area contributed by atoms with E-state index in [1.807, 2.05) is 27.7 Å². The van der Waals surface area contributed by atoms with Crippen LogP contribution >= 0.6 is 0 Å². The third kappa shape index (κ3) is 4.36. The molecule has 1 aliphatic heterocycles. The average Bonchev–Trinajstić information content (AvgIpc) is 2.06. The van der Waals surface area contributed by atoms with Gasteiger partial charge in [-0.3, -0.25) is 4.90 Å². The summed E-state index contributed by atoms with van der Waals surface area (Å²) < 4.78 is 25.4. The molecular formula is C10H19F2N. The first-order valence-electron chi connectivity index (χ1n) is 4.81. The lowest BCUT2D eigenvalue weighted by molar-refractivity contribution is -0.000670. The maximum absolute atomic E-state index is 12.7. The molecule has 0 unspecified atom stereocenters. The molecule has 0 saturated carbocycles. The Morgan fingerprint density at radius 3 is 2.15 bits per heavy atom. The van der Waals surface area contributed by atoms with Crippen molar-refractivity contribution < 1.29 is 8.78 Å². The van der Waals surface area contributed by atoms with Crippen LogP contribution < -0.4 is 0 Å². The summed E-state index contributed by atoms with van der Waals surface area (Å²) in [6, 6.07) is 0.200. The summed E-state index contributed by atoms with van der Waals surface area (Å²) in [4.78, 5) is 1.75. The van der Waals surface area contributed by atoms with Crippen LogP contribution in [0.15, 0.2) is 12.2 Å². The molecule has 13 heavy (non-hydrogen) atoms. The number of halogens is 2. The van der Waals surface area contributed by atoms with Crippen LogP contribution in [0.1, 0.15) is 27.7 Å². The highest BCUT2D eigenvalue weighted by Gasteiger charge is 2.31. The van der Waals surface area contributed by atoms with Crippen LogP contribution in [0.2, 0.25) is 0 Å². The normalized spacial score (nSPS) is 21.2. The van der Waals surface area contributed by atoms with Crippen LogP contribution in [-0.4, -0.2) is 30.0 Å². The predicted molar refractivity (Wildman–Crippen MR) is 52.1 cm³/mol. The molecule has 1 heterocycles. The Kier molecular flexibility index (Phi) is 5.14. The molecule has 0 fully saturated rings. The van der Waals surface area contributed by atoms with E-state index in [-0.39, 0.29) is 12.6 Å². The first kappa shape index (κ1) is 12.6. The van der Waals surface area contributed by atoms with Crippen molar-refractivity contribution in [1.29, 1.82) is 0 Å². The predicted octanol–water partition coefficient (Wildman–Crippen LogP) is 2.93. The number of alkyl halides is 2. The lowest BCUT2D eigenvalue weighted by Crippen LogP contribution is -2.42. The summed E-state index contributed by atoms with van der Waals surface area (Å²) >= 11 is 0. The van der Waals surface area contributed by atoms with Gasteiger partial charge < -0.3 is 0 Å². The molecule has 0 bridgehead atoms. The van der Waals surface area contributed by atoms with Crippen LogP contribution in [-0.2, 0) is 0 Å². The van der Waals surface area contributed by atoms with Gasteiger partial charge in [-0.15, -0.1) is 0 Å². The minimum atomic E-state index is -2.62. The second kappa shape index (κ2) is 5.32. The van der Waals surface area contributed by atoms with Gasteiger partial charge in [-0.1, -0.05) is 19.9 Å². The van der Waals surface area contributed by atoms with E-state index in [4.69, 9.17) is 0 Å². The second-order valence-electron chi connectivity index (χ2n) is 3.19. The zero-order chi connectivity index (χ0) is 10.5. The van der Waals surface area contributed by atoms with Gasteiger partial charge in [-0.05, 0) is 19.9 Å². The highest BCUT2D eigenvalue weighted by molar-refractivity contribution is 5.03. The highest BCUT2D eigenvalue weighted by atomic mass is 19.3. The van der Waals surface area contributed by atoms with Crippen LogP contribution in [0.4, 0.5) is 8.78 Å². The van der Waals surface area contributed by atoms with Crippen molar-refractivity contribution in [3.05, 3.63) is 12.2 Å². The molecule has 0 amide bonds. The van der Waals surface area contributed by atoms with Gasteiger partial charge in [-0.25, -0.2) is 8.78 Å². The summed E-state index contributed by atoms with van der Waals surface area (Å²) in [6.07, 6.45) is 2.52. The lowest BCUT2D eigenvalue weighted by Gasteiger charge is -2.31. The van der Waals surface area contributed by atoms with Crippen LogP contribution in [0.3, 0.4) is 0 Å². The highest BCUT2D eigenvalue weighted by Crippen LogP contribution is 2.21. The van der Waals surface area contributed by atoms with Crippen molar-refractivity contribution in [1.82, 2.24) is 4.90 Å². The zero-order valence-electron chi connectivity index (χ0n) is 8.85. The monoisotopic (exact) mass is 191 g/mol. The minimum Gasteiger partial charge on any atom is -0.291 e. The molecule has 0 radical (unpaired) electrons. The third-order valence-electron chi connectivity index (χ3n) is 1.85. The summed E-state index contributed by atoms with van der Waals surface area (Å²) in [5.41, 5.74) is 0. The maximum atomic E-state index is 12.7. The molecule has 1 rings (SSSR count). The maximum Gasteiger partial charge on any atom is 0.278 e. The van der Waals surface area contributed by atoms with Crippen LogP contribution in [0.25, 0.3) is 0 Å². The molecule has 0 atom stereocenters. The summed E-state index contributed by atoms with van der Waals surface area (Å²) in [7, 11) is 0. The Hall–Kier alpha value is -0.440. The largest absolute Gasteiger partial charge is 0.291 e. The van der Waals surface area contributed by atoms with Gasteiger partial charge in [0.05, 0.1) is 6.54 Å². The summed E-state index contributed by atoms with van der Waals surface area (Å²) in [6.45, 7) is 8.36. The van der Waals surface area contributed by atoms with E-state index in [2.05, 4.69) is 0 Å². The molecule has 0 N–H and O–H groups in total. The first-order valence-corrected chi connectivity index (χ1v) is 4.81. The molecular weight excluding hydrogens is 172 g/mol. The van der Waals surface area contributed by atoms with Crippen LogP contribution in [0.5, 0.6) is 0 Å². The fraction of sp³-hybridized carbons (Fsp3) is 0.800. The number of rotatable bonds is 1. The standard InChI is InChI=1S/C8H13F2N.C2H6/c1-7(2)11-5-3-4-8(9,10)6-11;1-2/h3-4,7H,5-6H2,1-2H3;1-2H3. The van der Waals surface area contributed by atoms with Gasteiger partial charge >= 0.3 is 0 Å². The van der Waals surface area contributed by atoms with Crippen molar-refractivity contribution >= 4 is 0 Å². The molecule has 3 heteroatoms. The molecule has 78 valence electrons. The Labute approximate surface area is 79.4 Å². The van der Waals surface area contributed by atoms with Crippen molar-refractivity contribution in [3.63, 3.8) is 0 Å². The molecule has 0 saturated heterocycles. The van der Waals surface area contributed by atoms with Gasteiger partial charge in [0.2, 0.25) is 0 Å². The fourth-order valence-corrected chi connectivity index (χ4v) is 1.14. The molecule has 0 aliphatic carbocycles. The van der Waals surface area contributed by atoms with E-state index < -0.39 is 5.92 Å². The quantitative estimate of drug-likeness (QED) is 0.576. The van der Waals surface area contributed by atoms with Gasteiger partial charge in [0.25, 0.3) is 5.92 Å². The van der Waals surface area contributed by atoms with Crippen molar-refractivity contribution in [2.45, 2.75) is 39.7 Å². The molecule has 0 aromatic rings. The topological polar surface area (TPSA) is 3.24 Å². The smallest absolute Gasteiger partial charge is 0.278 e. The van der Waals surface area contributed by atoms with E-state index in [1.54, 1.807) is 4.90 Å². The SMILES string of the molecule is CC.CC(C)N1CC=CC(F)(F)C1. The van der Waals surface area contributed by atoms with E-state index in [1.165, 1.54) is 6.08 Å². The number of hydrogen-bond acceptors (Lipinski definition) is 1. The molecule has 0 aromatic heterocycles.